The fraction of sp³-hybridized carbons (Fsp3) is 0.529. The van der Waals surface area contributed by atoms with E-state index in [1.165, 1.54) is 11.9 Å². The molecule has 1 aromatic rings. The van der Waals surface area contributed by atoms with Crippen molar-refractivity contribution in [3.63, 3.8) is 0 Å². The quantitative estimate of drug-likeness (QED) is 0.774. The van der Waals surface area contributed by atoms with Crippen LogP contribution in [-0.4, -0.2) is 67.9 Å². The number of hydrogen-bond donors (Lipinski definition) is 0. The SMILES string of the molecule is COc1cccc(C(=O)N2CCC3(CC2)N(C)C(=O)CS3(=O)=O)c1C. The Hall–Kier alpha value is -2.09. The molecule has 2 saturated heterocycles. The minimum Gasteiger partial charge on any atom is -0.496 e. The van der Waals surface area contributed by atoms with Gasteiger partial charge in [0.1, 0.15) is 16.4 Å². The topological polar surface area (TPSA) is 84.0 Å². The maximum atomic E-state index is 12.8. The summed E-state index contributed by atoms with van der Waals surface area (Å²) in [6.07, 6.45) is 0.485. The Morgan fingerprint density at radius 2 is 1.88 bits per heavy atom. The highest BCUT2D eigenvalue weighted by molar-refractivity contribution is 7.93. The Balaban J connectivity index is 1.81. The van der Waals surface area contributed by atoms with Gasteiger partial charge >= 0.3 is 0 Å². The van der Waals surface area contributed by atoms with Crippen molar-refractivity contribution in [2.45, 2.75) is 24.6 Å². The lowest BCUT2D eigenvalue weighted by molar-refractivity contribution is -0.129. The van der Waals surface area contributed by atoms with Crippen LogP contribution >= 0.6 is 0 Å². The lowest BCUT2D eigenvalue weighted by Crippen LogP contribution is -2.55. The fourth-order valence-electron chi connectivity index (χ4n) is 3.77. The molecule has 0 bridgehead atoms. The summed E-state index contributed by atoms with van der Waals surface area (Å²) in [5, 5.41) is 0. The second kappa shape index (κ2) is 6.01. The molecule has 1 aromatic carbocycles. The molecule has 8 heteroatoms. The van der Waals surface area contributed by atoms with E-state index in [-0.39, 0.29) is 24.7 Å². The Morgan fingerprint density at radius 3 is 2.40 bits per heavy atom. The summed E-state index contributed by atoms with van der Waals surface area (Å²) in [6.45, 7) is 2.42. The van der Waals surface area contributed by atoms with Gasteiger partial charge in [0.15, 0.2) is 9.84 Å². The van der Waals surface area contributed by atoms with Crippen LogP contribution in [0, 0.1) is 6.92 Å². The van der Waals surface area contributed by atoms with E-state index in [1.807, 2.05) is 6.92 Å². The van der Waals surface area contributed by atoms with Gasteiger partial charge in [-0.25, -0.2) is 8.42 Å². The zero-order chi connectivity index (χ0) is 18.4. The number of amides is 2. The molecule has 1 spiro atoms. The van der Waals surface area contributed by atoms with Crippen molar-refractivity contribution in [3.8, 4) is 5.75 Å². The van der Waals surface area contributed by atoms with Crippen LogP contribution in [0.1, 0.15) is 28.8 Å². The molecule has 7 nitrogen and oxygen atoms in total. The number of carbonyl (C=O) groups is 2. The van der Waals surface area contributed by atoms with Gasteiger partial charge in [-0.2, -0.15) is 0 Å². The largest absolute Gasteiger partial charge is 0.496 e. The third-order valence-corrected chi connectivity index (χ3v) is 7.91. The van der Waals surface area contributed by atoms with Gasteiger partial charge in [-0.3, -0.25) is 9.59 Å². The molecule has 2 amide bonds. The summed E-state index contributed by atoms with van der Waals surface area (Å²) in [6, 6.07) is 5.30. The van der Waals surface area contributed by atoms with Crippen LogP contribution in [-0.2, 0) is 14.6 Å². The second-order valence-corrected chi connectivity index (χ2v) is 8.86. The molecule has 0 radical (unpaired) electrons. The normalized spacial score (nSPS) is 21.6. The van der Waals surface area contributed by atoms with Gasteiger partial charge in [0.25, 0.3) is 5.91 Å². The molecule has 2 fully saturated rings. The number of benzene rings is 1. The van der Waals surface area contributed by atoms with Crippen LogP contribution in [0.15, 0.2) is 18.2 Å². The second-order valence-electron chi connectivity index (χ2n) is 6.58. The zero-order valence-corrected chi connectivity index (χ0v) is 15.4. The fourth-order valence-corrected chi connectivity index (χ4v) is 5.88. The predicted molar refractivity (Wildman–Crippen MR) is 92.2 cm³/mol. The number of piperidine rings is 1. The maximum Gasteiger partial charge on any atom is 0.254 e. The molecule has 2 aliphatic rings. The van der Waals surface area contributed by atoms with Gasteiger partial charge in [0, 0.05) is 44.1 Å². The maximum absolute atomic E-state index is 12.8. The lowest BCUT2D eigenvalue weighted by atomic mass is 10.00. The van der Waals surface area contributed by atoms with Crippen LogP contribution in [0.4, 0.5) is 0 Å². The summed E-state index contributed by atoms with van der Waals surface area (Å²) in [7, 11) is -0.429. The van der Waals surface area contributed by atoms with Crippen LogP contribution in [0.25, 0.3) is 0 Å². The molecule has 0 unspecified atom stereocenters. The van der Waals surface area contributed by atoms with Gasteiger partial charge in [0.2, 0.25) is 5.91 Å². The van der Waals surface area contributed by atoms with Gasteiger partial charge in [-0.05, 0) is 19.1 Å². The van der Waals surface area contributed by atoms with Crippen LogP contribution in [0.3, 0.4) is 0 Å². The average Bonchev–Trinajstić information content (AvgIpc) is 2.75. The number of likely N-dealkylation sites (tertiary alicyclic amines) is 1. The number of hydrogen-bond acceptors (Lipinski definition) is 5. The van der Waals surface area contributed by atoms with Crippen molar-refractivity contribution in [2.24, 2.45) is 0 Å². The molecule has 0 N–H and O–H groups in total. The minimum absolute atomic E-state index is 0.143. The lowest BCUT2D eigenvalue weighted by Gasteiger charge is -2.42. The van der Waals surface area contributed by atoms with Crippen LogP contribution in [0.5, 0.6) is 5.75 Å². The number of rotatable bonds is 2. The van der Waals surface area contributed by atoms with Crippen molar-refractivity contribution < 1.29 is 22.7 Å². The predicted octanol–water partition coefficient (Wildman–Crippen LogP) is 0.823. The summed E-state index contributed by atoms with van der Waals surface area (Å²) >= 11 is 0. The van der Waals surface area contributed by atoms with E-state index >= 15 is 0 Å². The molecule has 0 atom stereocenters. The highest BCUT2D eigenvalue weighted by Crippen LogP contribution is 2.39. The Morgan fingerprint density at radius 1 is 1.24 bits per heavy atom. The van der Waals surface area contributed by atoms with Gasteiger partial charge in [-0.15, -0.1) is 0 Å². The number of carbonyl (C=O) groups excluding carboxylic acids is 2. The first-order chi connectivity index (χ1) is 11.7. The van der Waals surface area contributed by atoms with Crippen molar-refractivity contribution in [3.05, 3.63) is 29.3 Å². The average molecular weight is 366 g/mol. The van der Waals surface area contributed by atoms with E-state index in [0.717, 1.165) is 5.56 Å². The van der Waals surface area contributed by atoms with Crippen LogP contribution < -0.4 is 4.74 Å². The number of methoxy groups -OCH3 is 1. The monoisotopic (exact) mass is 366 g/mol. The van der Waals surface area contributed by atoms with Gasteiger partial charge in [-0.1, -0.05) is 6.07 Å². The van der Waals surface area contributed by atoms with Crippen molar-refractivity contribution in [1.82, 2.24) is 9.80 Å². The van der Waals surface area contributed by atoms with Crippen molar-refractivity contribution in [2.75, 3.05) is 33.0 Å². The standard InChI is InChI=1S/C17H22N2O5S/c1-12-13(5-4-6-14(12)24-3)16(21)19-9-7-17(8-10-19)18(2)15(20)11-25(17,22)23/h4-6H,7-11H2,1-3H3. The molecule has 2 heterocycles. The summed E-state index contributed by atoms with van der Waals surface area (Å²) in [5.74, 6) is -0.311. The molecular formula is C17H22N2O5S. The molecule has 3 rings (SSSR count). The summed E-state index contributed by atoms with van der Waals surface area (Å²) in [5.41, 5.74) is 1.31. The third-order valence-electron chi connectivity index (χ3n) is 5.44. The first kappa shape index (κ1) is 17.7. The van der Waals surface area contributed by atoms with E-state index in [4.69, 9.17) is 4.74 Å². The zero-order valence-electron chi connectivity index (χ0n) is 14.6. The number of nitrogens with zero attached hydrogens (tertiary/aromatic N) is 2. The van der Waals surface area contributed by atoms with Gasteiger partial charge in [0.05, 0.1) is 7.11 Å². The first-order valence-corrected chi connectivity index (χ1v) is 9.80. The first-order valence-electron chi connectivity index (χ1n) is 8.15. The molecule has 0 aliphatic carbocycles. The van der Waals surface area contributed by atoms with Crippen LogP contribution in [0.2, 0.25) is 0 Å². The Kier molecular flexibility index (Phi) is 4.26. The van der Waals surface area contributed by atoms with Gasteiger partial charge < -0.3 is 14.5 Å². The highest BCUT2D eigenvalue weighted by atomic mass is 32.2. The molecular weight excluding hydrogens is 344 g/mol. The number of ether oxygens (including phenoxy) is 1. The smallest absolute Gasteiger partial charge is 0.254 e. The molecule has 0 saturated carbocycles. The molecule has 2 aliphatic heterocycles. The van der Waals surface area contributed by atoms with E-state index < -0.39 is 20.5 Å². The molecule has 136 valence electrons. The van der Waals surface area contributed by atoms with Crippen molar-refractivity contribution in [1.29, 1.82) is 0 Å². The van der Waals surface area contributed by atoms with Crippen molar-refractivity contribution >= 4 is 21.7 Å². The van der Waals surface area contributed by atoms with E-state index in [1.54, 1.807) is 30.2 Å². The summed E-state index contributed by atoms with van der Waals surface area (Å²) < 4.78 is 30.2. The third kappa shape index (κ3) is 2.59. The van der Waals surface area contributed by atoms with E-state index in [0.29, 0.717) is 24.4 Å². The van der Waals surface area contributed by atoms with E-state index in [2.05, 4.69) is 0 Å². The Bertz CT molecular complexity index is 825. The summed E-state index contributed by atoms with van der Waals surface area (Å²) in [4.78, 5) is 26.5. The van der Waals surface area contributed by atoms with E-state index in [9.17, 15) is 18.0 Å². The Labute approximate surface area is 147 Å². The molecule has 25 heavy (non-hydrogen) atoms. The highest BCUT2D eigenvalue weighted by Gasteiger charge is 2.57. The minimum atomic E-state index is -3.52. The molecule has 0 aromatic heterocycles. The number of sulfone groups is 1.